The highest BCUT2D eigenvalue weighted by Crippen LogP contribution is 2.24. The summed E-state index contributed by atoms with van der Waals surface area (Å²) in [7, 11) is 0. The molecule has 6 nitrogen and oxygen atoms in total. The number of imidazole rings is 1. The van der Waals surface area contributed by atoms with Crippen molar-refractivity contribution in [3.05, 3.63) is 59.4 Å². The molecule has 4 heterocycles. The molecule has 0 radical (unpaired) electrons. The van der Waals surface area contributed by atoms with Crippen molar-refractivity contribution in [2.75, 3.05) is 19.6 Å². The summed E-state index contributed by atoms with van der Waals surface area (Å²) >= 11 is 0. The smallest absolute Gasteiger partial charge is 0.234 e. The van der Waals surface area contributed by atoms with Crippen LogP contribution in [-0.2, 0) is 6.54 Å². The Hall–Kier alpha value is -2.31. The molecule has 1 aliphatic heterocycles. The Kier molecular flexibility index (Phi) is 4.00. The first-order valence-electron chi connectivity index (χ1n) is 8.37. The summed E-state index contributed by atoms with van der Waals surface area (Å²) in [5.74, 6) is 0.790. The van der Waals surface area contributed by atoms with Crippen LogP contribution >= 0.6 is 0 Å². The number of piperazine rings is 1. The molecule has 1 fully saturated rings. The van der Waals surface area contributed by atoms with Crippen molar-refractivity contribution in [3.63, 3.8) is 0 Å². The van der Waals surface area contributed by atoms with E-state index in [0.717, 1.165) is 37.7 Å². The van der Waals surface area contributed by atoms with Crippen LogP contribution in [0.25, 0.3) is 5.78 Å². The summed E-state index contributed by atoms with van der Waals surface area (Å²) in [4.78, 5) is 15.7. The number of fused-ring (bicyclic) bond motifs is 1. The summed E-state index contributed by atoms with van der Waals surface area (Å²) < 4.78 is 2.17. The van der Waals surface area contributed by atoms with E-state index in [0.29, 0.717) is 6.04 Å². The Bertz CT molecular complexity index is 841. The number of hydrogen-bond acceptors (Lipinski definition) is 5. The van der Waals surface area contributed by atoms with Gasteiger partial charge in [0.25, 0.3) is 0 Å². The number of nitrogens with zero attached hydrogens (tertiary/aromatic N) is 5. The van der Waals surface area contributed by atoms with Crippen LogP contribution in [0.5, 0.6) is 0 Å². The van der Waals surface area contributed by atoms with Crippen molar-refractivity contribution in [2.45, 2.75) is 26.4 Å². The van der Waals surface area contributed by atoms with Gasteiger partial charge in [-0.2, -0.15) is 0 Å². The molecule has 124 valence electrons. The van der Waals surface area contributed by atoms with Gasteiger partial charge in [-0.15, -0.1) is 0 Å². The van der Waals surface area contributed by atoms with Crippen LogP contribution in [0.15, 0.2) is 36.8 Å². The largest absolute Gasteiger partial charge is 0.314 e. The molecule has 0 saturated carbocycles. The van der Waals surface area contributed by atoms with E-state index in [-0.39, 0.29) is 0 Å². The normalized spacial score (nSPS) is 19.0. The minimum absolute atomic E-state index is 0.353. The number of nitrogens with one attached hydrogen (secondary N) is 1. The van der Waals surface area contributed by atoms with Crippen molar-refractivity contribution in [1.29, 1.82) is 0 Å². The van der Waals surface area contributed by atoms with Gasteiger partial charge in [0.15, 0.2) is 0 Å². The van der Waals surface area contributed by atoms with E-state index in [2.05, 4.69) is 54.7 Å². The molecule has 3 aromatic rings. The summed E-state index contributed by atoms with van der Waals surface area (Å²) in [5, 5.41) is 3.50. The molecule has 1 saturated heterocycles. The lowest BCUT2D eigenvalue weighted by molar-refractivity contribution is 0.151. The number of hydrogen-bond donors (Lipinski definition) is 1. The van der Waals surface area contributed by atoms with Gasteiger partial charge in [0, 0.05) is 56.0 Å². The second kappa shape index (κ2) is 6.30. The lowest BCUT2D eigenvalue weighted by atomic mass is 10.0. The Morgan fingerprint density at radius 1 is 1.25 bits per heavy atom. The Labute approximate surface area is 141 Å². The molecule has 24 heavy (non-hydrogen) atoms. The van der Waals surface area contributed by atoms with Gasteiger partial charge >= 0.3 is 0 Å². The summed E-state index contributed by atoms with van der Waals surface area (Å²) in [5.41, 5.74) is 4.68. The van der Waals surface area contributed by atoms with Crippen LogP contribution in [0.1, 0.15) is 28.7 Å². The molecule has 4 rings (SSSR count). The third-order valence-electron chi connectivity index (χ3n) is 4.67. The van der Waals surface area contributed by atoms with Gasteiger partial charge in [-0.25, -0.2) is 9.97 Å². The zero-order chi connectivity index (χ0) is 16.5. The van der Waals surface area contributed by atoms with Gasteiger partial charge in [-0.1, -0.05) is 0 Å². The monoisotopic (exact) mass is 322 g/mol. The number of aryl methyl sites for hydroxylation is 2. The fourth-order valence-corrected chi connectivity index (χ4v) is 3.57. The van der Waals surface area contributed by atoms with Gasteiger partial charge in [-0.3, -0.25) is 14.3 Å². The fourth-order valence-electron chi connectivity index (χ4n) is 3.57. The maximum absolute atomic E-state index is 4.54. The van der Waals surface area contributed by atoms with Crippen LogP contribution in [0.3, 0.4) is 0 Å². The molecule has 1 unspecified atom stereocenters. The van der Waals surface area contributed by atoms with E-state index < -0.39 is 0 Å². The molecule has 1 atom stereocenters. The fraction of sp³-hybridized carbons (Fsp3) is 0.389. The number of aromatic nitrogens is 4. The quantitative estimate of drug-likeness (QED) is 0.798. The summed E-state index contributed by atoms with van der Waals surface area (Å²) in [6.07, 6.45) is 5.70. The van der Waals surface area contributed by atoms with Crippen LogP contribution in [-0.4, -0.2) is 43.9 Å². The SMILES string of the molecule is Cc1cc(C)n2c(CN3CCNCC3c3ccncc3)cnc2n1. The highest BCUT2D eigenvalue weighted by Gasteiger charge is 2.25. The molecule has 0 spiro atoms. The minimum atomic E-state index is 0.353. The molecule has 1 N–H and O–H groups in total. The van der Waals surface area contributed by atoms with Crippen molar-refractivity contribution in [1.82, 2.24) is 29.6 Å². The van der Waals surface area contributed by atoms with E-state index in [1.165, 1.54) is 17.0 Å². The number of pyridine rings is 1. The van der Waals surface area contributed by atoms with Gasteiger partial charge in [0.2, 0.25) is 5.78 Å². The molecule has 0 aliphatic carbocycles. The van der Waals surface area contributed by atoms with Crippen molar-refractivity contribution < 1.29 is 0 Å². The lowest BCUT2D eigenvalue weighted by Gasteiger charge is -2.36. The maximum atomic E-state index is 4.54. The molecule has 0 amide bonds. The molecule has 1 aliphatic rings. The van der Waals surface area contributed by atoms with Crippen molar-refractivity contribution >= 4 is 5.78 Å². The molecular weight excluding hydrogens is 300 g/mol. The first kappa shape index (κ1) is 15.2. The van der Waals surface area contributed by atoms with Gasteiger partial charge in [-0.05, 0) is 37.6 Å². The highest BCUT2D eigenvalue weighted by atomic mass is 15.2. The Morgan fingerprint density at radius 2 is 2.08 bits per heavy atom. The van der Waals surface area contributed by atoms with E-state index in [1.54, 1.807) is 0 Å². The van der Waals surface area contributed by atoms with Crippen LogP contribution < -0.4 is 5.32 Å². The zero-order valence-corrected chi connectivity index (χ0v) is 14.1. The Morgan fingerprint density at radius 3 is 2.92 bits per heavy atom. The van der Waals surface area contributed by atoms with Crippen molar-refractivity contribution in [2.24, 2.45) is 0 Å². The summed E-state index contributed by atoms with van der Waals surface area (Å²) in [6.45, 7) is 7.97. The average molecular weight is 322 g/mol. The molecular formula is C18H22N6. The van der Waals surface area contributed by atoms with Crippen LogP contribution in [0.2, 0.25) is 0 Å². The number of rotatable bonds is 3. The topological polar surface area (TPSA) is 58.4 Å². The average Bonchev–Trinajstić information content (AvgIpc) is 2.99. The first-order valence-corrected chi connectivity index (χ1v) is 8.37. The minimum Gasteiger partial charge on any atom is -0.314 e. The maximum Gasteiger partial charge on any atom is 0.234 e. The van der Waals surface area contributed by atoms with Crippen LogP contribution in [0, 0.1) is 13.8 Å². The van der Waals surface area contributed by atoms with E-state index in [1.807, 2.05) is 25.5 Å². The first-order chi connectivity index (χ1) is 11.7. The van der Waals surface area contributed by atoms with E-state index in [9.17, 15) is 0 Å². The molecule has 0 aromatic carbocycles. The predicted molar refractivity (Wildman–Crippen MR) is 92.7 cm³/mol. The second-order valence-electron chi connectivity index (χ2n) is 6.39. The van der Waals surface area contributed by atoms with Gasteiger partial charge in [0.05, 0.1) is 11.9 Å². The van der Waals surface area contributed by atoms with E-state index in [4.69, 9.17) is 0 Å². The van der Waals surface area contributed by atoms with E-state index >= 15 is 0 Å². The Balaban J connectivity index is 1.66. The molecule has 6 heteroatoms. The van der Waals surface area contributed by atoms with Gasteiger partial charge in [0.1, 0.15) is 0 Å². The second-order valence-corrected chi connectivity index (χ2v) is 6.39. The van der Waals surface area contributed by atoms with Gasteiger partial charge < -0.3 is 5.32 Å². The predicted octanol–water partition coefficient (Wildman–Crippen LogP) is 1.89. The van der Waals surface area contributed by atoms with Crippen LogP contribution in [0.4, 0.5) is 0 Å². The lowest BCUT2D eigenvalue weighted by Crippen LogP contribution is -2.45. The van der Waals surface area contributed by atoms with Crippen molar-refractivity contribution in [3.8, 4) is 0 Å². The summed E-state index contributed by atoms with van der Waals surface area (Å²) in [6, 6.07) is 6.67. The third kappa shape index (κ3) is 2.79. The zero-order valence-electron chi connectivity index (χ0n) is 14.1. The molecule has 3 aromatic heterocycles. The molecule has 0 bridgehead atoms. The third-order valence-corrected chi connectivity index (χ3v) is 4.67. The highest BCUT2D eigenvalue weighted by molar-refractivity contribution is 5.35. The standard InChI is InChI=1S/C18H22N6/c1-13-9-14(2)24-16(10-21-18(24)22-13)12-23-8-7-20-11-17(23)15-3-5-19-6-4-15/h3-6,9-10,17,20H,7-8,11-12H2,1-2H3.